The molecule has 1 unspecified atom stereocenters. The van der Waals surface area contributed by atoms with E-state index in [9.17, 15) is 9.90 Å². The molecule has 2 aromatic rings. The van der Waals surface area contributed by atoms with Gasteiger partial charge in [0, 0.05) is 18.1 Å². The molecule has 0 amide bonds. The van der Waals surface area contributed by atoms with E-state index in [0.29, 0.717) is 22.8 Å². The predicted octanol–water partition coefficient (Wildman–Crippen LogP) is 0.119. The lowest BCUT2D eigenvalue weighted by Gasteiger charge is -2.26. The fourth-order valence-electron chi connectivity index (χ4n) is 2.66. The van der Waals surface area contributed by atoms with E-state index in [2.05, 4.69) is 15.1 Å². The van der Waals surface area contributed by atoms with Crippen molar-refractivity contribution in [2.45, 2.75) is 12.5 Å². The number of carboxylic acids is 1. The van der Waals surface area contributed by atoms with Gasteiger partial charge in [-0.05, 0) is 6.07 Å². The largest absolute Gasteiger partial charge is 0.543 e. The number of carboxylic acid groups (broad SMARTS) is 1. The fraction of sp³-hybridized carbons (Fsp3) is 0.333. The van der Waals surface area contributed by atoms with Gasteiger partial charge < -0.3 is 24.1 Å². The molecule has 3 rings (SSSR count). The average molecular weight is 331 g/mol. The number of hydrogen-bond donors (Lipinski definition) is 0. The van der Waals surface area contributed by atoms with Crippen LogP contribution in [0, 0.1) is 0 Å². The number of carbonyl (C=O) groups excluding carboxylic acids is 1. The number of hydrogen-bond acceptors (Lipinski definition) is 8. The van der Waals surface area contributed by atoms with Crippen LogP contribution < -0.4 is 19.3 Å². The molecule has 126 valence electrons. The molecular weight excluding hydrogens is 316 g/mol. The van der Waals surface area contributed by atoms with Crippen molar-refractivity contribution in [1.82, 2.24) is 14.8 Å². The van der Waals surface area contributed by atoms with Gasteiger partial charge in [0.25, 0.3) is 0 Å². The summed E-state index contributed by atoms with van der Waals surface area (Å²) in [5, 5.41) is 15.4. The lowest BCUT2D eigenvalue weighted by Crippen LogP contribution is -2.35. The van der Waals surface area contributed by atoms with E-state index in [1.54, 1.807) is 12.1 Å². The first-order valence-electron chi connectivity index (χ1n) is 7.07. The number of fused-ring (bicyclic) bond motifs is 1. The second-order valence-corrected chi connectivity index (χ2v) is 5.02. The molecule has 0 fully saturated rings. The fourth-order valence-corrected chi connectivity index (χ4v) is 2.66. The summed E-state index contributed by atoms with van der Waals surface area (Å²) in [6.45, 7) is 0. The summed E-state index contributed by atoms with van der Waals surface area (Å²) < 4.78 is 17.6. The molecule has 9 heteroatoms. The van der Waals surface area contributed by atoms with Crippen molar-refractivity contribution in [2.24, 2.45) is 4.99 Å². The maximum Gasteiger partial charge on any atom is 0.248 e. The molecule has 2 heterocycles. The molecule has 0 aliphatic carbocycles. The monoisotopic (exact) mass is 331 g/mol. The summed E-state index contributed by atoms with van der Waals surface area (Å²) in [5.74, 6) is 0.365. The normalized spacial score (nSPS) is 16.1. The second kappa shape index (κ2) is 6.19. The van der Waals surface area contributed by atoms with Crippen molar-refractivity contribution >= 4 is 17.6 Å². The van der Waals surface area contributed by atoms with Gasteiger partial charge in [0.1, 0.15) is 12.1 Å². The van der Waals surface area contributed by atoms with Gasteiger partial charge >= 0.3 is 0 Å². The van der Waals surface area contributed by atoms with Gasteiger partial charge in [0.2, 0.25) is 5.95 Å². The molecule has 0 radical (unpaired) electrons. The Morgan fingerprint density at radius 3 is 2.46 bits per heavy atom. The topological polar surface area (TPSA) is 111 Å². The highest BCUT2D eigenvalue weighted by Crippen LogP contribution is 2.41. The van der Waals surface area contributed by atoms with E-state index < -0.39 is 12.0 Å². The number of benzene rings is 1. The molecule has 1 aromatic heterocycles. The van der Waals surface area contributed by atoms with Crippen LogP contribution in [0.3, 0.4) is 0 Å². The number of rotatable bonds is 5. The smallest absolute Gasteiger partial charge is 0.248 e. The predicted molar refractivity (Wildman–Crippen MR) is 81.0 cm³/mol. The number of methoxy groups -OCH3 is 3. The molecule has 1 aromatic carbocycles. The summed E-state index contributed by atoms with van der Waals surface area (Å²) in [6, 6.07) is 2.93. The number of nitrogens with zero attached hydrogens (tertiary/aromatic N) is 4. The Kier molecular flexibility index (Phi) is 4.07. The average Bonchev–Trinajstić information content (AvgIpc) is 3.08. The lowest BCUT2D eigenvalue weighted by molar-refractivity contribution is -0.294. The van der Waals surface area contributed by atoms with Gasteiger partial charge in [-0.2, -0.15) is 10.1 Å². The first kappa shape index (κ1) is 15.8. The zero-order valence-corrected chi connectivity index (χ0v) is 13.3. The Hall–Kier alpha value is -3.10. The molecule has 9 nitrogen and oxygen atoms in total. The molecular formula is C15H15N4O5-. The number of ether oxygens (including phenoxy) is 3. The highest BCUT2D eigenvalue weighted by Gasteiger charge is 2.29. The zero-order chi connectivity index (χ0) is 17.3. The van der Waals surface area contributed by atoms with Crippen LogP contribution in [0.4, 0.5) is 5.95 Å². The lowest BCUT2D eigenvalue weighted by atomic mass is 9.98. The Balaban J connectivity index is 2.15. The molecule has 1 aliphatic rings. The second-order valence-electron chi connectivity index (χ2n) is 5.02. The first-order chi connectivity index (χ1) is 11.6. The Morgan fingerprint density at radius 1 is 1.17 bits per heavy atom. The van der Waals surface area contributed by atoms with Gasteiger partial charge in [-0.3, -0.25) is 0 Å². The van der Waals surface area contributed by atoms with E-state index in [1.807, 2.05) is 0 Å². The summed E-state index contributed by atoms with van der Waals surface area (Å²) >= 11 is 0. The molecule has 0 N–H and O–H groups in total. The number of aromatic nitrogens is 3. The maximum absolute atomic E-state index is 11.3. The SMILES string of the molecule is COc1cc(OC)c(C2CC(C(=O)[O-])=Nc3ncnn32)cc1OC. The van der Waals surface area contributed by atoms with E-state index in [-0.39, 0.29) is 18.1 Å². The van der Waals surface area contributed by atoms with Gasteiger partial charge in [-0.1, -0.05) is 0 Å². The third-order valence-corrected chi connectivity index (χ3v) is 3.80. The van der Waals surface area contributed by atoms with Crippen molar-refractivity contribution in [2.75, 3.05) is 21.3 Å². The van der Waals surface area contributed by atoms with E-state index in [1.165, 1.54) is 32.3 Å². The number of aliphatic imine (C=N–C) groups is 1. The Bertz CT molecular complexity index is 814. The van der Waals surface area contributed by atoms with Crippen LogP contribution in [0.2, 0.25) is 0 Å². The zero-order valence-electron chi connectivity index (χ0n) is 13.3. The Morgan fingerprint density at radius 2 is 1.83 bits per heavy atom. The highest BCUT2D eigenvalue weighted by atomic mass is 16.5. The first-order valence-corrected chi connectivity index (χ1v) is 7.07. The summed E-state index contributed by atoms with van der Waals surface area (Å²) in [5.41, 5.74) is 0.577. The van der Waals surface area contributed by atoms with Crippen LogP contribution in [0.1, 0.15) is 18.0 Å². The van der Waals surface area contributed by atoms with Crippen LogP contribution in [-0.4, -0.2) is 47.8 Å². The maximum atomic E-state index is 11.3. The molecule has 0 saturated carbocycles. The van der Waals surface area contributed by atoms with E-state index >= 15 is 0 Å². The molecule has 0 spiro atoms. The van der Waals surface area contributed by atoms with Crippen molar-refractivity contribution in [1.29, 1.82) is 0 Å². The summed E-state index contributed by atoms with van der Waals surface area (Å²) in [4.78, 5) is 19.2. The van der Waals surface area contributed by atoms with Crippen molar-refractivity contribution in [3.8, 4) is 17.2 Å². The third kappa shape index (κ3) is 2.53. The number of carbonyl (C=O) groups is 1. The molecule has 0 bridgehead atoms. The van der Waals surface area contributed by atoms with Crippen LogP contribution in [-0.2, 0) is 4.79 Å². The van der Waals surface area contributed by atoms with Crippen LogP contribution in [0.5, 0.6) is 17.2 Å². The van der Waals surface area contributed by atoms with Crippen LogP contribution >= 0.6 is 0 Å². The van der Waals surface area contributed by atoms with Gasteiger partial charge in [-0.25, -0.2) is 9.67 Å². The minimum Gasteiger partial charge on any atom is -0.543 e. The third-order valence-electron chi connectivity index (χ3n) is 3.80. The summed E-state index contributed by atoms with van der Waals surface area (Å²) in [7, 11) is 4.56. The molecule has 24 heavy (non-hydrogen) atoms. The summed E-state index contributed by atoms with van der Waals surface area (Å²) in [6.07, 6.45) is 1.40. The van der Waals surface area contributed by atoms with Gasteiger partial charge in [0.05, 0.1) is 39.1 Å². The number of aliphatic carboxylic acids is 1. The van der Waals surface area contributed by atoms with Gasteiger partial charge in [0.15, 0.2) is 11.5 Å². The van der Waals surface area contributed by atoms with Crippen molar-refractivity contribution < 1.29 is 24.1 Å². The van der Waals surface area contributed by atoms with Gasteiger partial charge in [-0.15, -0.1) is 0 Å². The Labute approximate surface area is 137 Å². The van der Waals surface area contributed by atoms with Crippen molar-refractivity contribution in [3.63, 3.8) is 0 Å². The molecule has 0 saturated heterocycles. The van der Waals surface area contributed by atoms with E-state index in [0.717, 1.165) is 0 Å². The standard InChI is InChI=1S/C15H16N4O5/c1-22-11-6-13(24-3)12(23-2)4-8(11)10-5-9(14(20)21)18-15-16-7-17-19(10)15/h4,6-7,10H,5H2,1-3H3,(H,20,21)/p-1. The van der Waals surface area contributed by atoms with Crippen LogP contribution in [0.15, 0.2) is 23.5 Å². The van der Waals surface area contributed by atoms with E-state index in [4.69, 9.17) is 14.2 Å². The minimum absolute atomic E-state index is 0.0878. The van der Waals surface area contributed by atoms with Crippen LogP contribution in [0.25, 0.3) is 0 Å². The highest BCUT2D eigenvalue weighted by molar-refractivity contribution is 6.35. The molecule has 1 atom stereocenters. The minimum atomic E-state index is -1.34. The molecule has 1 aliphatic heterocycles. The quantitative estimate of drug-likeness (QED) is 0.765. The van der Waals surface area contributed by atoms with Crippen molar-refractivity contribution in [3.05, 3.63) is 24.0 Å².